The van der Waals surface area contributed by atoms with E-state index in [1.54, 1.807) is 0 Å². The van der Waals surface area contributed by atoms with Crippen LogP contribution in [0.4, 0.5) is 5.69 Å². The number of hydrogen-bond donors (Lipinski definition) is 2. The SMILES string of the molecule is CC1CCC(C(C)C)C(Nc2cn[nH]c2)C1. The topological polar surface area (TPSA) is 40.7 Å². The number of aromatic nitrogens is 2. The number of nitrogens with zero attached hydrogens (tertiary/aromatic N) is 1. The smallest absolute Gasteiger partial charge is 0.0726 e. The summed E-state index contributed by atoms with van der Waals surface area (Å²) in [6.07, 6.45) is 7.84. The van der Waals surface area contributed by atoms with Crippen LogP contribution in [-0.4, -0.2) is 16.2 Å². The van der Waals surface area contributed by atoms with E-state index in [4.69, 9.17) is 0 Å². The molecule has 0 spiro atoms. The average molecular weight is 221 g/mol. The second-order valence-electron chi connectivity index (χ2n) is 5.56. The highest BCUT2D eigenvalue weighted by atomic mass is 15.1. The molecule has 1 aromatic heterocycles. The number of aromatic amines is 1. The lowest BCUT2D eigenvalue weighted by Gasteiger charge is -2.38. The Hall–Kier alpha value is -0.990. The van der Waals surface area contributed by atoms with E-state index in [1.807, 2.05) is 12.4 Å². The summed E-state index contributed by atoms with van der Waals surface area (Å²) in [6.45, 7) is 7.04. The van der Waals surface area contributed by atoms with Crippen LogP contribution in [0.2, 0.25) is 0 Å². The Morgan fingerprint density at radius 1 is 1.44 bits per heavy atom. The molecular formula is C13H23N3. The Morgan fingerprint density at radius 2 is 2.25 bits per heavy atom. The number of anilines is 1. The summed E-state index contributed by atoms with van der Waals surface area (Å²) >= 11 is 0. The number of nitrogens with one attached hydrogen (secondary N) is 2. The maximum absolute atomic E-state index is 3.99. The number of H-pyrrole nitrogens is 1. The van der Waals surface area contributed by atoms with E-state index in [9.17, 15) is 0 Å². The molecule has 3 unspecified atom stereocenters. The fourth-order valence-electron chi connectivity index (χ4n) is 2.91. The molecule has 0 radical (unpaired) electrons. The summed E-state index contributed by atoms with van der Waals surface area (Å²) in [4.78, 5) is 0. The predicted octanol–water partition coefficient (Wildman–Crippen LogP) is 3.28. The zero-order valence-electron chi connectivity index (χ0n) is 10.5. The summed E-state index contributed by atoms with van der Waals surface area (Å²) in [7, 11) is 0. The van der Waals surface area contributed by atoms with Crippen LogP contribution in [0.25, 0.3) is 0 Å². The Bertz CT molecular complexity index is 305. The van der Waals surface area contributed by atoms with Gasteiger partial charge in [-0.3, -0.25) is 5.10 Å². The van der Waals surface area contributed by atoms with Gasteiger partial charge in [0.05, 0.1) is 11.9 Å². The third-order valence-corrected chi connectivity index (χ3v) is 3.87. The minimum atomic E-state index is 0.612. The van der Waals surface area contributed by atoms with Gasteiger partial charge in [-0.15, -0.1) is 0 Å². The van der Waals surface area contributed by atoms with E-state index in [-0.39, 0.29) is 0 Å². The van der Waals surface area contributed by atoms with Gasteiger partial charge in [0.2, 0.25) is 0 Å². The molecule has 1 aliphatic carbocycles. The first kappa shape index (κ1) is 11.5. The Kier molecular flexibility index (Phi) is 3.52. The molecule has 16 heavy (non-hydrogen) atoms. The number of hydrogen-bond acceptors (Lipinski definition) is 2. The van der Waals surface area contributed by atoms with E-state index in [0.29, 0.717) is 6.04 Å². The van der Waals surface area contributed by atoms with Crippen molar-refractivity contribution in [2.75, 3.05) is 5.32 Å². The zero-order valence-corrected chi connectivity index (χ0v) is 10.5. The van der Waals surface area contributed by atoms with Gasteiger partial charge in [-0.05, 0) is 30.6 Å². The van der Waals surface area contributed by atoms with E-state index in [0.717, 1.165) is 23.4 Å². The van der Waals surface area contributed by atoms with Gasteiger partial charge >= 0.3 is 0 Å². The molecule has 0 saturated heterocycles. The molecule has 0 amide bonds. The van der Waals surface area contributed by atoms with Gasteiger partial charge in [-0.1, -0.05) is 27.2 Å². The van der Waals surface area contributed by atoms with Crippen molar-refractivity contribution in [2.45, 2.75) is 46.1 Å². The summed E-state index contributed by atoms with van der Waals surface area (Å²) in [5.74, 6) is 2.41. The van der Waals surface area contributed by atoms with Gasteiger partial charge in [0.25, 0.3) is 0 Å². The van der Waals surface area contributed by atoms with E-state index >= 15 is 0 Å². The van der Waals surface area contributed by atoms with Crippen LogP contribution in [0, 0.1) is 17.8 Å². The molecule has 1 aliphatic rings. The molecule has 3 nitrogen and oxygen atoms in total. The molecule has 2 N–H and O–H groups in total. The molecule has 1 fully saturated rings. The highest BCUT2D eigenvalue weighted by Gasteiger charge is 2.30. The third kappa shape index (κ3) is 2.57. The molecule has 1 saturated carbocycles. The van der Waals surface area contributed by atoms with Crippen molar-refractivity contribution in [1.29, 1.82) is 0 Å². The molecule has 2 rings (SSSR count). The Balaban J connectivity index is 2.02. The van der Waals surface area contributed by atoms with Gasteiger partial charge in [-0.2, -0.15) is 5.10 Å². The highest BCUT2D eigenvalue weighted by molar-refractivity contribution is 5.39. The second kappa shape index (κ2) is 4.89. The lowest BCUT2D eigenvalue weighted by atomic mass is 9.74. The summed E-state index contributed by atoms with van der Waals surface area (Å²) < 4.78 is 0. The van der Waals surface area contributed by atoms with Gasteiger partial charge < -0.3 is 5.32 Å². The van der Waals surface area contributed by atoms with Crippen LogP contribution < -0.4 is 5.32 Å². The summed E-state index contributed by atoms with van der Waals surface area (Å²) in [6, 6.07) is 0.612. The first-order valence-electron chi connectivity index (χ1n) is 6.42. The van der Waals surface area contributed by atoms with Crippen LogP contribution in [0.15, 0.2) is 12.4 Å². The van der Waals surface area contributed by atoms with Crippen molar-refractivity contribution in [3.8, 4) is 0 Å². The Morgan fingerprint density at radius 3 is 2.88 bits per heavy atom. The van der Waals surface area contributed by atoms with Gasteiger partial charge in [0, 0.05) is 12.2 Å². The van der Waals surface area contributed by atoms with Crippen LogP contribution in [0.1, 0.15) is 40.0 Å². The largest absolute Gasteiger partial charge is 0.379 e. The first-order valence-corrected chi connectivity index (χ1v) is 6.42. The fraction of sp³-hybridized carbons (Fsp3) is 0.769. The molecule has 1 heterocycles. The average Bonchev–Trinajstić information content (AvgIpc) is 2.70. The monoisotopic (exact) mass is 221 g/mol. The predicted molar refractivity (Wildman–Crippen MR) is 67.3 cm³/mol. The van der Waals surface area contributed by atoms with E-state index in [1.165, 1.54) is 19.3 Å². The molecule has 0 aromatic carbocycles. The minimum absolute atomic E-state index is 0.612. The summed E-state index contributed by atoms with van der Waals surface area (Å²) in [5, 5.41) is 10.5. The fourth-order valence-corrected chi connectivity index (χ4v) is 2.91. The lowest BCUT2D eigenvalue weighted by Crippen LogP contribution is -2.37. The maximum atomic E-state index is 3.99. The molecule has 3 heteroatoms. The second-order valence-corrected chi connectivity index (χ2v) is 5.56. The van der Waals surface area contributed by atoms with Gasteiger partial charge in [0.15, 0.2) is 0 Å². The van der Waals surface area contributed by atoms with Gasteiger partial charge in [-0.25, -0.2) is 0 Å². The van der Waals surface area contributed by atoms with Crippen LogP contribution in [0.3, 0.4) is 0 Å². The lowest BCUT2D eigenvalue weighted by molar-refractivity contribution is 0.212. The molecule has 3 atom stereocenters. The maximum Gasteiger partial charge on any atom is 0.0726 e. The van der Waals surface area contributed by atoms with Crippen molar-refractivity contribution < 1.29 is 0 Å². The zero-order chi connectivity index (χ0) is 11.5. The van der Waals surface area contributed by atoms with Crippen molar-refractivity contribution in [3.05, 3.63) is 12.4 Å². The van der Waals surface area contributed by atoms with Crippen LogP contribution in [-0.2, 0) is 0 Å². The van der Waals surface area contributed by atoms with Gasteiger partial charge in [0.1, 0.15) is 0 Å². The summed E-state index contributed by atoms with van der Waals surface area (Å²) in [5.41, 5.74) is 1.13. The van der Waals surface area contributed by atoms with Crippen molar-refractivity contribution >= 4 is 5.69 Å². The standard InChI is InChI=1S/C13H23N3/c1-9(2)12-5-4-10(3)6-13(12)16-11-7-14-15-8-11/h7-10,12-13,16H,4-6H2,1-3H3,(H,14,15). The van der Waals surface area contributed by atoms with Crippen LogP contribution in [0.5, 0.6) is 0 Å². The van der Waals surface area contributed by atoms with Crippen molar-refractivity contribution in [2.24, 2.45) is 17.8 Å². The van der Waals surface area contributed by atoms with Crippen molar-refractivity contribution in [3.63, 3.8) is 0 Å². The molecule has 0 aliphatic heterocycles. The van der Waals surface area contributed by atoms with E-state index in [2.05, 4.69) is 36.3 Å². The molecule has 0 bridgehead atoms. The Labute approximate surface area is 98.0 Å². The first-order chi connectivity index (χ1) is 7.66. The highest BCUT2D eigenvalue weighted by Crippen LogP contribution is 2.34. The molecule has 90 valence electrons. The number of rotatable bonds is 3. The van der Waals surface area contributed by atoms with Crippen molar-refractivity contribution in [1.82, 2.24) is 10.2 Å². The molecular weight excluding hydrogens is 198 g/mol. The normalized spacial score (nSPS) is 30.6. The van der Waals surface area contributed by atoms with E-state index < -0.39 is 0 Å². The minimum Gasteiger partial charge on any atom is -0.379 e. The molecule has 1 aromatic rings. The third-order valence-electron chi connectivity index (χ3n) is 3.87. The quantitative estimate of drug-likeness (QED) is 0.822. The van der Waals surface area contributed by atoms with Crippen LogP contribution >= 0.6 is 0 Å².